The molecule has 0 aromatic carbocycles. The summed E-state index contributed by atoms with van der Waals surface area (Å²) in [5, 5.41) is 20.4. The molecule has 0 spiro atoms. The maximum absolute atomic E-state index is 10.7. The monoisotopic (exact) mass is 201 g/mol. The van der Waals surface area contributed by atoms with E-state index < -0.39 is 23.9 Å². The molecule has 0 radical (unpaired) electrons. The highest BCUT2D eigenvalue weighted by Crippen LogP contribution is 2.25. The van der Waals surface area contributed by atoms with E-state index in [0.717, 1.165) is 0 Å². The Hall–Kier alpha value is -1.10. The molecular formula is C9H15NO4. The predicted octanol–water partition coefficient (Wildman–Crippen LogP) is 0.158. The first-order valence-electron chi connectivity index (χ1n) is 4.65. The average Bonchev–Trinajstić information content (AvgIpc) is 2.46. The molecule has 0 aliphatic carbocycles. The molecule has 5 heteroatoms. The third-order valence-electron chi connectivity index (χ3n) is 2.84. The smallest absolute Gasteiger partial charge is 0.320 e. The van der Waals surface area contributed by atoms with Gasteiger partial charge in [-0.2, -0.15) is 0 Å². The van der Waals surface area contributed by atoms with Crippen LogP contribution < -0.4 is 5.32 Å². The van der Waals surface area contributed by atoms with Gasteiger partial charge in [0.15, 0.2) is 0 Å². The largest absolute Gasteiger partial charge is 0.481 e. The third-order valence-corrected chi connectivity index (χ3v) is 2.84. The highest BCUT2D eigenvalue weighted by Gasteiger charge is 2.39. The summed E-state index contributed by atoms with van der Waals surface area (Å²) in [4.78, 5) is 21.4. The second-order valence-electron chi connectivity index (χ2n) is 3.92. The van der Waals surface area contributed by atoms with Gasteiger partial charge in [0.2, 0.25) is 0 Å². The number of carbonyl (C=O) groups is 2. The van der Waals surface area contributed by atoms with Crippen molar-refractivity contribution in [3.05, 3.63) is 0 Å². The molecule has 1 saturated heterocycles. The Kier molecular flexibility index (Phi) is 3.10. The summed E-state index contributed by atoms with van der Waals surface area (Å²) in [6, 6.07) is -0.842. The number of carboxylic acid groups (broad SMARTS) is 2. The molecule has 1 aliphatic rings. The zero-order valence-electron chi connectivity index (χ0n) is 8.23. The lowest BCUT2D eigenvalue weighted by Gasteiger charge is -2.19. The summed E-state index contributed by atoms with van der Waals surface area (Å²) in [5.74, 6) is -2.26. The molecule has 1 aliphatic heterocycles. The van der Waals surface area contributed by atoms with Gasteiger partial charge in [-0.15, -0.1) is 0 Å². The molecule has 14 heavy (non-hydrogen) atoms. The predicted molar refractivity (Wildman–Crippen MR) is 48.9 cm³/mol. The van der Waals surface area contributed by atoms with E-state index in [1.807, 2.05) is 6.92 Å². The van der Waals surface area contributed by atoms with E-state index in [1.54, 1.807) is 6.92 Å². The van der Waals surface area contributed by atoms with Gasteiger partial charge in [0, 0.05) is 6.04 Å². The van der Waals surface area contributed by atoms with Gasteiger partial charge in [0.25, 0.3) is 0 Å². The van der Waals surface area contributed by atoms with Gasteiger partial charge in [0.05, 0.1) is 5.92 Å². The first-order chi connectivity index (χ1) is 6.43. The minimum atomic E-state index is -0.906. The molecule has 1 heterocycles. The normalized spacial score (nSPS) is 34.0. The lowest BCUT2D eigenvalue weighted by atomic mass is 9.92. The molecule has 1 fully saturated rings. The van der Waals surface area contributed by atoms with Gasteiger partial charge in [0.1, 0.15) is 6.04 Å². The topological polar surface area (TPSA) is 86.6 Å². The molecular weight excluding hydrogens is 186 g/mol. The molecule has 80 valence electrons. The maximum Gasteiger partial charge on any atom is 0.320 e. The molecule has 0 aromatic rings. The first-order valence-corrected chi connectivity index (χ1v) is 4.65. The Morgan fingerprint density at radius 1 is 1.43 bits per heavy atom. The molecule has 0 aromatic heterocycles. The van der Waals surface area contributed by atoms with Gasteiger partial charge < -0.3 is 15.5 Å². The minimum absolute atomic E-state index is 0.0854. The summed E-state index contributed by atoms with van der Waals surface area (Å²) >= 11 is 0. The fourth-order valence-corrected chi connectivity index (χ4v) is 1.95. The van der Waals surface area contributed by atoms with E-state index in [0.29, 0.717) is 6.42 Å². The van der Waals surface area contributed by atoms with E-state index in [9.17, 15) is 9.59 Å². The van der Waals surface area contributed by atoms with Crippen LogP contribution >= 0.6 is 0 Å². The van der Waals surface area contributed by atoms with E-state index in [-0.39, 0.29) is 12.0 Å². The summed E-state index contributed by atoms with van der Waals surface area (Å²) in [7, 11) is 0. The van der Waals surface area contributed by atoms with Gasteiger partial charge in [-0.3, -0.25) is 9.59 Å². The fourth-order valence-electron chi connectivity index (χ4n) is 1.95. The van der Waals surface area contributed by atoms with Crippen molar-refractivity contribution >= 4 is 11.9 Å². The summed E-state index contributed by atoms with van der Waals surface area (Å²) in [6.45, 7) is 3.47. The summed E-state index contributed by atoms with van der Waals surface area (Å²) in [6.07, 6.45) is 0.498. The zero-order chi connectivity index (χ0) is 10.9. The van der Waals surface area contributed by atoms with Crippen LogP contribution in [0.15, 0.2) is 0 Å². The summed E-state index contributed by atoms with van der Waals surface area (Å²) < 4.78 is 0. The van der Waals surface area contributed by atoms with Crippen LogP contribution in [0.4, 0.5) is 0 Å². The highest BCUT2D eigenvalue weighted by atomic mass is 16.4. The van der Waals surface area contributed by atoms with Crippen LogP contribution in [-0.2, 0) is 9.59 Å². The SMILES string of the molecule is C[C@@H]1C[C@@H](C(=O)O)N[C@@H]1[C@H](C)C(=O)O. The molecule has 3 N–H and O–H groups in total. The van der Waals surface area contributed by atoms with Gasteiger partial charge in [-0.1, -0.05) is 13.8 Å². The van der Waals surface area contributed by atoms with Crippen LogP contribution in [0.1, 0.15) is 20.3 Å². The van der Waals surface area contributed by atoms with Crippen LogP contribution in [0.3, 0.4) is 0 Å². The van der Waals surface area contributed by atoms with Crippen molar-refractivity contribution in [3.8, 4) is 0 Å². The van der Waals surface area contributed by atoms with Crippen LogP contribution in [0.5, 0.6) is 0 Å². The highest BCUT2D eigenvalue weighted by molar-refractivity contribution is 5.75. The Labute approximate surface area is 82.1 Å². The van der Waals surface area contributed by atoms with E-state index in [1.165, 1.54) is 0 Å². The number of nitrogens with one attached hydrogen (secondary N) is 1. The quantitative estimate of drug-likeness (QED) is 0.605. The number of hydrogen-bond donors (Lipinski definition) is 3. The molecule has 0 unspecified atom stereocenters. The van der Waals surface area contributed by atoms with Crippen molar-refractivity contribution in [2.24, 2.45) is 11.8 Å². The van der Waals surface area contributed by atoms with E-state index in [4.69, 9.17) is 10.2 Å². The van der Waals surface area contributed by atoms with Crippen molar-refractivity contribution in [2.45, 2.75) is 32.4 Å². The molecule has 4 atom stereocenters. The van der Waals surface area contributed by atoms with Crippen molar-refractivity contribution in [2.75, 3.05) is 0 Å². The lowest BCUT2D eigenvalue weighted by Crippen LogP contribution is -2.42. The van der Waals surface area contributed by atoms with Crippen LogP contribution in [0, 0.1) is 11.8 Å². The van der Waals surface area contributed by atoms with Gasteiger partial charge in [-0.25, -0.2) is 0 Å². The fraction of sp³-hybridized carbons (Fsp3) is 0.778. The van der Waals surface area contributed by atoms with Crippen molar-refractivity contribution in [3.63, 3.8) is 0 Å². The first kappa shape index (κ1) is 11.0. The third kappa shape index (κ3) is 2.04. The second kappa shape index (κ2) is 3.96. The van der Waals surface area contributed by atoms with Gasteiger partial charge >= 0.3 is 11.9 Å². The lowest BCUT2D eigenvalue weighted by molar-refractivity contribution is -0.143. The van der Waals surface area contributed by atoms with Crippen molar-refractivity contribution < 1.29 is 19.8 Å². The van der Waals surface area contributed by atoms with E-state index in [2.05, 4.69) is 5.32 Å². The zero-order valence-corrected chi connectivity index (χ0v) is 8.23. The molecule has 1 rings (SSSR count). The van der Waals surface area contributed by atoms with Gasteiger partial charge in [-0.05, 0) is 12.3 Å². The average molecular weight is 201 g/mol. The molecule has 5 nitrogen and oxygen atoms in total. The molecule has 0 saturated carbocycles. The Morgan fingerprint density at radius 2 is 2.00 bits per heavy atom. The van der Waals surface area contributed by atoms with Crippen molar-refractivity contribution in [1.29, 1.82) is 0 Å². The molecule has 0 amide bonds. The molecule has 0 bridgehead atoms. The standard InChI is InChI=1S/C9H15NO4/c1-4-3-6(9(13)14)10-7(4)5(2)8(11)12/h4-7,10H,3H2,1-2H3,(H,11,12)(H,13,14)/t4-,5+,6+,7+/m1/s1. The Bertz CT molecular complexity index is 253. The van der Waals surface area contributed by atoms with E-state index >= 15 is 0 Å². The minimum Gasteiger partial charge on any atom is -0.481 e. The van der Waals surface area contributed by atoms with Crippen molar-refractivity contribution in [1.82, 2.24) is 5.32 Å². The number of aliphatic carboxylic acids is 2. The van der Waals surface area contributed by atoms with Crippen LogP contribution in [0.25, 0.3) is 0 Å². The van der Waals surface area contributed by atoms with Crippen LogP contribution in [-0.4, -0.2) is 34.2 Å². The van der Waals surface area contributed by atoms with Crippen LogP contribution in [0.2, 0.25) is 0 Å². The number of rotatable bonds is 3. The number of hydrogen-bond acceptors (Lipinski definition) is 3. The number of carboxylic acids is 2. The Balaban J connectivity index is 2.65. The summed E-state index contributed by atoms with van der Waals surface area (Å²) in [5.41, 5.74) is 0. The maximum atomic E-state index is 10.7. The Morgan fingerprint density at radius 3 is 2.36 bits per heavy atom. The second-order valence-corrected chi connectivity index (χ2v) is 3.92.